The van der Waals surface area contributed by atoms with Gasteiger partial charge in [0, 0.05) is 17.8 Å². The Morgan fingerprint density at radius 1 is 1.24 bits per heavy atom. The van der Waals surface area contributed by atoms with E-state index in [0.717, 1.165) is 47.8 Å². The van der Waals surface area contributed by atoms with Gasteiger partial charge in [-0.3, -0.25) is 4.79 Å². The largest absolute Gasteiger partial charge is 0.332 e. The van der Waals surface area contributed by atoms with Crippen molar-refractivity contribution in [2.75, 3.05) is 11.6 Å². The third-order valence-electron chi connectivity index (χ3n) is 4.18. The number of nitrogens with one attached hydrogen (secondary N) is 3. The van der Waals surface area contributed by atoms with Crippen LogP contribution in [-0.4, -0.2) is 25.7 Å². The van der Waals surface area contributed by atoms with Gasteiger partial charge in [-0.1, -0.05) is 6.07 Å². The molecule has 3 N–H and O–H groups in total. The van der Waals surface area contributed by atoms with Crippen LogP contribution in [0.3, 0.4) is 0 Å². The first kappa shape index (κ1) is 17.2. The summed E-state index contributed by atoms with van der Waals surface area (Å²) in [6.07, 6.45) is 5.14. The van der Waals surface area contributed by atoms with Crippen LogP contribution in [0.2, 0.25) is 0 Å². The van der Waals surface area contributed by atoms with Crippen LogP contribution in [0.15, 0.2) is 29.2 Å². The Morgan fingerprint density at radius 2 is 2.00 bits per heavy atom. The first-order valence-electron chi connectivity index (χ1n) is 7.88. The van der Waals surface area contributed by atoms with Gasteiger partial charge < -0.3 is 10.3 Å². The zero-order chi connectivity index (χ0) is 18.2. The number of carbonyl (C=O) groups excluding carboxylic acids is 1. The normalized spacial score (nSPS) is 13.4. The van der Waals surface area contributed by atoms with E-state index in [1.165, 1.54) is 6.07 Å². The molecule has 1 heterocycles. The van der Waals surface area contributed by atoms with Gasteiger partial charge in [0.1, 0.15) is 0 Å². The van der Waals surface area contributed by atoms with Gasteiger partial charge >= 0.3 is 6.03 Å². The molecule has 7 nitrogen and oxygen atoms in total. The number of sulfonamides is 1. The quantitative estimate of drug-likeness (QED) is 0.776. The maximum Gasteiger partial charge on any atom is 0.332 e. The molecule has 1 aliphatic rings. The van der Waals surface area contributed by atoms with Gasteiger partial charge in [-0.15, -0.1) is 0 Å². The second kappa shape index (κ2) is 6.36. The fourth-order valence-electron chi connectivity index (χ4n) is 3.31. The van der Waals surface area contributed by atoms with Crippen molar-refractivity contribution in [3.05, 3.63) is 51.4 Å². The van der Waals surface area contributed by atoms with E-state index in [0.29, 0.717) is 11.3 Å². The number of urea groups is 1. The van der Waals surface area contributed by atoms with Gasteiger partial charge in [-0.2, -0.15) is 0 Å². The average molecular weight is 361 g/mol. The smallest absolute Gasteiger partial charge is 0.329 e. The highest BCUT2D eigenvalue weighted by Crippen LogP contribution is 2.39. The van der Waals surface area contributed by atoms with Gasteiger partial charge in [0.15, 0.2) is 0 Å². The summed E-state index contributed by atoms with van der Waals surface area (Å²) < 4.78 is 24.6. The fraction of sp³-hybridized carbons (Fsp3) is 0.294. The van der Waals surface area contributed by atoms with Crippen molar-refractivity contribution in [3.63, 3.8) is 0 Å². The molecule has 0 fully saturated rings. The Morgan fingerprint density at radius 3 is 2.68 bits per heavy atom. The van der Waals surface area contributed by atoms with Crippen LogP contribution >= 0.6 is 0 Å². The number of aromatic nitrogens is 1. The zero-order valence-electron chi connectivity index (χ0n) is 14.0. The molecule has 0 saturated heterocycles. The van der Waals surface area contributed by atoms with E-state index in [4.69, 9.17) is 0 Å². The lowest BCUT2D eigenvalue weighted by Gasteiger charge is -2.18. The van der Waals surface area contributed by atoms with Gasteiger partial charge in [0.25, 0.3) is 0 Å². The molecule has 0 radical (unpaired) electrons. The number of fused-ring (bicyclic) bond motifs is 1. The number of anilines is 1. The third-order valence-corrected chi connectivity index (χ3v) is 4.73. The lowest BCUT2D eigenvalue weighted by Crippen LogP contribution is -2.34. The Kier molecular flexibility index (Phi) is 4.38. The Balaban J connectivity index is 2.15. The number of pyridine rings is 1. The van der Waals surface area contributed by atoms with Crippen LogP contribution in [0.25, 0.3) is 11.1 Å². The Labute approximate surface area is 145 Å². The van der Waals surface area contributed by atoms with Gasteiger partial charge in [-0.05, 0) is 54.5 Å². The molecule has 2 aromatic rings. The topological polar surface area (TPSA) is 108 Å². The van der Waals surface area contributed by atoms with E-state index in [1.54, 1.807) is 12.3 Å². The number of hydrogen-bond acceptors (Lipinski definition) is 4. The summed E-state index contributed by atoms with van der Waals surface area (Å²) in [6, 6.07) is 4.47. The SMILES string of the molecule is Cc1cc2c(c(NC(=O)NS(C)(=O)=O)c1-c1cc[nH]c(=O)c1)CCC2. The van der Waals surface area contributed by atoms with Crippen LogP contribution in [0.4, 0.5) is 10.5 Å². The molecule has 0 atom stereocenters. The molecule has 0 saturated carbocycles. The summed E-state index contributed by atoms with van der Waals surface area (Å²) in [5.74, 6) is 0. The third kappa shape index (κ3) is 3.74. The molecule has 0 unspecified atom stereocenters. The highest BCUT2D eigenvalue weighted by Gasteiger charge is 2.23. The maximum atomic E-state index is 12.1. The lowest BCUT2D eigenvalue weighted by atomic mass is 9.93. The van der Waals surface area contributed by atoms with E-state index in [2.05, 4.69) is 16.4 Å². The van der Waals surface area contributed by atoms with Gasteiger partial charge in [0.05, 0.1) is 11.9 Å². The summed E-state index contributed by atoms with van der Waals surface area (Å²) in [7, 11) is -3.67. The number of aromatic amines is 1. The predicted octanol–water partition coefficient (Wildman–Crippen LogP) is 1.92. The highest BCUT2D eigenvalue weighted by atomic mass is 32.2. The summed E-state index contributed by atoms with van der Waals surface area (Å²) in [5, 5.41) is 2.68. The predicted molar refractivity (Wildman–Crippen MR) is 96.3 cm³/mol. The Hall–Kier alpha value is -2.61. The number of H-pyrrole nitrogens is 1. The number of carbonyl (C=O) groups is 1. The molecule has 8 heteroatoms. The number of amides is 2. The molecular weight excluding hydrogens is 342 g/mol. The molecular formula is C17H19N3O4S. The zero-order valence-corrected chi connectivity index (χ0v) is 14.8. The molecule has 1 aromatic carbocycles. The van der Waals surface area contributed by atoms with E-state index >= 15 is 0 Å². The van der Waals surface area contributed by atoms with Crippen molar-refractivity contribution in [2.24, 2.45) is 0 Å². The number of rotatable bonds is 3. The van der Waals surface area contributed by atoms with Crippen molar-refractivity contribution in [3.8, 4) is 11.1 Å². The number of hydrogen-bond donors (Lipinski definition) is 3. The molecule has 0 aliphatic heterocycles. The minimum atomic E-state index is -3.67. The number of aryl methyl sites for hydroxylation is 2. The molecule has 1 aliphatic carbocycles. The second-order valence-electron chi connectivity index (χ2n) is 6.20. The molecule has 3 rings (SSSR count). The van der Waals surface area contributed by atoms with Gasteiger partial charge in [0.2, 0.25) is 15.6 Å². The highest BCUT2D eigenvalue weighted by molar-refractivity contribution is 7.89. The monoisotopic (exact) mass is 361 g/mol. The first-order chi connectivity index (χ1) is 11.7. The van der Waals surface area contributed by atoms with Crippen LogP contribution in [0.5, 0.6) is 0 Å². The Bertz CT molecular complexity index is 1010. The van der Waals surface area contributed by atoms with Crippen LogP contribution < -0.4 is 15.6 Å². The van der Waals surface area contributed by atoms with Crippen molar-refractivity contribution in [1.29, 1.82) is 0 Å². The lowest BCUT2D eigenvalue weighted by molar-refractivity contribution is 0.256. The van der Waals surface area contributed by atoms with E-state index in [-0.39, 0.29) is 5.56 Å². The first-order valence-corrected chi connectivity index (χ1v) is 9.77. The maximum absolute atomic E-state index is 12.1. The van der Waals surface area contributed by atoms with Crippen molar-refractivity contribution in [2.45, 2.75) is 26.2 Å². The number of benzene rings is 1. The molecule has 2 amide bonds. The summed E-state index contributed by atoms with van der Waals surface area (Å²) in [6.45, 7) is 1.91. The minimum Gasteiger partial charge on any atom is -0.329 e. The standard InChI is InChI=1S/C17H19N3O4S/c1-10-8-11-4-3-5-13(11)16(19-17(22)20-25(2,23)24)15(10)12-6-7-18-14(21)9-12/h6-9H,3-5H2,1-2H3,(H,18,21)(H2,19,20,22). The van der Waals surface area contributed by atoms with Crippen LogP contribution in [0, 0.1) is 6.92 Å². The summed E-state index contributed by atoms with van der Waals surface area (Å²) >= 11 is 0. The van der Waals surface area contributed by atoms with Gasteiger partial charge in [-0.25, -0.2) is 17.9 Å². The summed E-state index contributed by atoms with van der Waals surface area (Å²) in [4.78, 5) is 26.4. The second-order valence-corrected chi connectivity index (χ2v) is 7.95. The van der Waals surface area contributed by atoms with E-state index in [1.807, 2.05) is 11.6 Å². The molecule has 0 bridgehead atoms. The van der Waals surface area contributed by atoms with Crippen molar-refractivity contribution >= 4 is 21.7 Å². The van der Waals surface area contributed by atoms with Crippen molar-refractivity contribution in [1.82, 2.24) is 9.71 Å². The van der Waals surface area contributed by atoms with Crippen LogP contribution in [0.1, 0.15) is 23.1 Å². The summed E-state index contributed by atoms with van der Waals surface area (Å²) in [5.41, 5.74) is 4.77. The van der Waals surface area contributed by atoms with Crippen molar-refractivity contribution < 1.29 is 13.2 Å². The minimum absolute atomic E-state index is 0.246. The van der Waals surface area contributed by atoms with Crippen LogP contribution in [-0.2, 0) is 22.9 Å². The molecule has 0 spiro atoms. The van der Waals surface area contributed by atoms with E-state index in [9.17, 15) is 18.0 Å². The van der Waals surface area contributed by atoms with E-state index < -0.39 is 16.1 Å². The molecule has 25 heavy (non-hydrogen) atoms. The average Bonchev–Trinajstić information content (AvgIpc) is 2.93. The fourth-order valence-corrected chi connectivity index (χ4v) is 3.70. The molecule has 1 aromatic heterocycles. The molecule has 132 valence electrons.